The molecule has 1 N–H and O–H groups in total. The van der Waals surface area contributed by atoms with Gasteiger partial charge in [-0.25, -0.2) is 12.7 Å². The second-order valence-electron chi connectivity index (χ2n) is 7.75. The van der Waals surface area contributed by atoms with Crippen LogP contribution in [0.1, 0.15) is 35.3 Å². The number of sulfonamides is 1. The number of carbonyl (C=O) groups is 1. The third-order valence-electron chi connectivity index (χ3n) is 5.18. The van der Waals surface area contributed by atoms with Crippen LogP contribution in [0.4, 0.5) is 5.13 Å². The van der Waals surface area contributed by atoms with E-state index in [4.69, 9.17) is 23.2 Å². The summed E-state index contributed by atoms with van der Waals surface area (Å²) in [6, 6.07) is 9.33. The lowest BCUT2D eigenvalue weighted by Crippen LogP contribution is -2.37. The smallest absolute Gasteiger partial charge is 0.266 e. The Morgan fingerprint density at radius 3 is 2.56 bits per heavy atom. The molecule has 168 valence electrons. The molecule has 0 bridgehead atoms. The van der Waals surface area contributed by atoms with Crippen molar-refractivity contribution in [1.82, 2.24) is 15.5 Å². The van der Waals surface area contributed by atoms with Crippen LogP contribution in [-0.4, -0.2) is 36.6 Å². The SMILES string of the molecule is CC(C)N(c1nncs1)S(=O)(=O)c1ccc2c(c1)CC(NC(=O)c1ccc(Cl)cc1Cl)C2. The van der Waals surface area contributed by atoms with E-state index in [1.807, 2.05) is 6.07 Å². The number of amides is 1. The Morgan fingerprint density at radius 1 is 1.16 bits per heavy atom. The first kappa shape index (κ1) is 23.0. The van der Waals surface area contributed by atoms with Crippen LogP contribution in [0.2, 0.25) is 10.0 Å². The predicted octanol–water partition coefficient (Wildman–Crippen LogP) is 4.35. The van der Waals surface area contributed by atoms with Gasteiger partial charge in [-0.2, -0.15) is 0 Å². The quantitative estimate of drug-likeness (QED) is 0.532. The van der Waals surface area contributed by atoms with E-state index >= 15 is 0 Å². The number of nitrogens with one attached hydrogen (secondary N) is 1. The summed E-state index contributed by atoms with van der Waals surface area (Å²) in [5, 5.41) is 11.7. The summed E-state index contributed by atoms with van der Waals surface area (Å²) in [4.78, 5) is 12.8. The Kier molecular flexibility index (Phi) is 6.44. The average Bonchev–Trinajstić information content (AvgIpc) is 3.36. The number of anilines is 1. The predicted molar refractivity (Wildman–Crippen MR) is 126 cm³/mol. The van der Waals surface area contributed by atoms with Crippen molar-refractivity contribution < 1.29 is 13.2 Å². The Hall–Kier alpha value is -2.20. The topological polar surface area (TPSA) is 92.3 Å². The molecule has 1 aliphatic rings. The second kappa shape index (κ2) is 8.97. The first-order chi connectivity index (χ1) is 15.2. The molecule has 11 heteroatoms. The summed E-state index contributed by atoms with van der Waals surface area (Å²) in [7, 11) is -3.81. The molecule has 0 aliphatic heterocycles. The zero-order chi connectivity index (χ0) is 23.0. The Labute approximate surface area is 200 Å². The molecule has 1 atom stereocenters. The van der Waals surface area contributed by atoms with Gasteiger partial charge in [0.05, 0.1) is 15.5 Å². The molecule has 0 saturated carbocycles. The number of rotatable bonds is 6. The highest BCUT2D eigenvalue weighted by atomic mass is 35.5. The van der Waals surface area contributed by atoms with E-state index in [0.29, 0.717) is 28.6 Å². The van der Waals surface area contributed by atoms with Crippen molar-refractivity contribution in [2.24, 2.45) is 0 Å². The monoisotopic (exact) mass is 510 g/mol. The third kappa shape index (κ3) is 4.47. The molecule has 3 aromatic rings. The van der Waals surface area contributed by atoms with Crippen LogP contribution < -0.4 is 9.62 Å². The summed E-state index contributed by atoms with van der Waals surface area (Å²) < 4.78 is 28.0. The summed E-state index contributed by atoms with van der Waals surface area (Å²) in [6.45, 7) is 3.58. The third-order valence-corrected chi connectivity index (χ3v) is 8.50. The number of hydrogen-bond donors (Lipinski definition) is 1. The van der Waals surface area contributed by atoms with Crippen molar-refractivity contribution in [3.8, 4) is 0 Å². The van der Waals surface area contributed by atoms with Crippen molar-refractivity contribution in [2.75, 3.05) is 4.31 Å². The lowest BCUT2D eigenvalue weighted by Gasteiger charge is -2.25. The van der Waals surface area contributed by atoms with Gasteiger partial charge in [0.1, 0.15) is 5.51 Å². The van der Waals surface area contributed by atoms with E-state index in [0.717, 1.165) is 11.1 Å². The molecular formula is C21H20Cl2N4O3S2. The van der Waals surface area contributed by atoms with Crippen molar-refractivity contribution >= 4 is 55.6 Å². The number of fused-ring (bicyclic) bond motifs is 1. The minimum atomic E-state index is -3.81. The van der Waals surface area contributed by atoms with Crippen molar-refractivity contribution in [3.63, 3.8) is 0 Å². The fourth-order valence-electron chi connectivity index (χ4n) is 3.77. The summed E-state index contributed by atoms with van der Waals surface area (Å²) in [5.74, 6) is -0.292. The molecular weight excluding hydrogens is 491 g/mol. The van der Waals surface area contributed by atoms with Gasteiger partial charge >= 0.3 is 0 Å². The van der Waals surface area contributed by atoms with Crippen LogP contribution in [-0.2, 0) is 22.9 Å². The van der Waals surface area contributed by atoms with E-state index in [1.54, 1.807) is 38.1 Å². The number of carbonyl (C=O) groups excluding carboxylic acids is 1. The Bertz CT molecular complexity index is 1260. The second-order valence-corrected chi connectivity index (χ2v) is 11.2. The van der Waals surface area contributed by atoms with Gasteiger partial charge in [-0.05, 0) is 68.1 Å². The standard InChI is InChI=1S/C21H20Cl2N4O3S2/c1-12(2)27(21-26-24-11-31-21)32(29,30)17-5-3-13-7-16(8-14(13)9-17)25-20(28)18-6-4-15(22)10-19(18)23/h3-6,9-12,16H,7-8H2,1-2H3,(H,25,28). The number of halogens is 2. The van der Waals surface area contributed by atoms with E-state index in [2.05, 4.69) is 15.5 Å². The normalized spacial score (nSPS) is 15.6. The van der Waals surface area contributed by atoms with Gasteiger partial charge in [-0.3, -0.25) is 4.79 Å². The van der Waals surface area contributed by atoms with Crippen LogP contribution in [0, 0.1) is 0 Å². The number of aromatic nitrogens is 2. The Balaban J connectivity index is 1.54. The van der Waals surface area contributed by atoms with Gasteiger partial charge in [0.15, 0.2) is 0 Å². The van der Waals surface area contributed by atoms with E-state index in [-0.39, 0.29) is 27.9 Å². The van der Waals surface area contributed by atoms with E-state index < -0.39 is 10.0 Å². The minimum absolute atomic E-state index is 0.161. The van der Waals surface area contributed by atoms with Crippen LogP contribution in [0.25, 0.3) is 0 Å². The van der Waals surface area contributed by atoms with Crippen LogP contribution >= 0.6 is 34.5 Å². The highest BCUT2D eigenvalue weighted by molar-refractivity contribution is 7.93. The fourth-order valence-corrected chi connectivity index (χ4v) is 6.84. The molecule has 1 amide bonds. The van der Waals surface area contributed by atoms with Crippen LogP contribution in [0.15, 0.2) is 46.8 Å². The van der Waals surface area contributed by atoms with Gasteiger partial charge in [0, 0.05) is 17.1 Å². The maximum absolute atomic E-state index is 13.4. The molecule has 0 saturated heterocycles. The molecule has 0 spiro atoms. The Morgan fingerprint density at radius 2 is 1.91 bits per heavy atom. The van der Waals surface area contributed by atoms with Crippen molar-refractivity contribution in [3.05, 3.63) is 68.6 Å². The van der Waals surface area contributed by atoms with E-state index in [9.17, 15) is 13.2 Å². The lowest BCUT2D eigenvalue weighted by atomic mass is 10.1. The first-order valence-electron chi connectivity index (χ1n) is 9.85. The molecule has 4 rings (SSSR count). The lowest BCUT2D eigenvalue weighted by molar-refractivity contribution is 0.0938. The zero-order valence-electron chi connectivity index (χ0n) is 17.2. The maximum Gasteiger partial charge on any atom is 0.266 e. The van der Waals surface area contributed by atoms with Gasteiger partial charge in [0.2, 0.25) is 5.13 Å². The summed E-state index contributed by atoms with van der Waals surface area (Å²) in [5.41, 5.74) is 3.74. The maximum atomic E-state index is 13.4. The van der Waals surface area contributed by atoms with Crippen LogP contribution in [0.5, 0.6) is 0 Å². The first-order valence-corrected chi connectivity index (χ1v) is 12.9. The van der Waals surface area contributed by atoms with E-state index in [1.165, 1.54) is 27.2 Å². The molecule has 0 fully saturated rings. The largest absolute Gasteiger partial charge is 0.349 e. The molecule has 1 unspecified atom stereocenters. The van der Waals surface area contributed by atoms with Gasteiger partial charge in [0.25, 0.3) is 15.9 Å². The number of hydrogen-bond acceptors (Lipinski definition) is 6. The fraction of sp³-hybridized carbons (Fsp3) is 0.286. The number of benzene rings is 2. The van der Waals surface area contributed by atoms with Gasteiger partial charge in [-0.15, -0.1) is 10.2 Å². The molecule has 0 radical (unpaired) electrons. The van der Waals surface area contributed by atoms with Gasteiger partial charge in [-0.1, -0.05) is 40.6 Å². The molecule has 1 aliphatic carbocycles. The molecule has 32 heavy (non-hydrogen) atoms. The summed E-state index contributed by atoms with van der Waals surface area (Å²) >= 11 is 13.2. The number of nitrogens with zero attached hydrogens (tertiary/aromatic N) is 3. The van der Waals surface area contributed by atoms with Gasteiger partial charge < -0.3 is 5.32 Å². The molecule has 7 nitrogen and oxygen atoms in total. The molecule has 2 aromatic carbocycles. The van der Waals surface area contributed by atoms with Crippen molar-refractivity contribution in [2.45, 2.75) is 43.7 Å². The molecule has 1 heterocycles. The highest BCUT2D eigenvalue weighted by Crippen LogP contribution is 2.31. The highest BCUT2D eigenvalue weighted by Gasteiger charge is 2.32. The average molecular weight is 511 g/mol. The summed E-state index contributed by atoms with van der Waals surface area (Å²) in [6.07, 6.45) is 1.13. The van der Waals surface area contributed by atoms with Crippen LogP contribution in [0.3, 0.4) is 0 Å². The van der Waals surface area contributed by atoms with Crippen molar-refractivity contribution in [1.29, 1.82) is 0 Å². The minimum Gasteiger partial charge on any atom is -0.349 e. The molecule has 1 aromatic heterocycles. The zero-order valence-corrected chi connectivity index (χ0v) is 20.4.